The van der Waals surface area contributed by atoms with Crippen LogP contribution < -0.4 is 16.6 Å². The van der Waals surface area contributed by atoms with Crippen LogP contribution >= 0.6 is 0 Å². The van der Waals surface area contributed by atoms with Gasteiger partial charge in [0.2, 0.25) is 0 Å². The molecule has 6 nitrogen and oxygen atoms in total. The van der Waals surface area contributed by atoms with Gasteiger partial charge in [-0.2, -0.15) is 0 Å². The summed E-state index contributed by atoms with van der Waals surface area (Å²) in [6, 6.07) is 1.84. The normalized spacial score (nSPS) is 23.9. The Labute approximate surface area is 124 Å². The maximum atomic E-state index is 11.9. The van der Waals surface area contributed by atoms with Gasteiger partial charge >= 0.3 is 5.69 Å². The molecule has 0 bridgehead atoms. The Balaban J connectivity index is 2.06. The minimum Gasteiger partial charge on any atom is -0.378 e. The van der Waals surface area contributed by atoms with Gasteiger partial charge in [-0.15, -0.1) is 0 Å². The molecule has 1 fully saturated rings. The van der Waals surface area contributed by atoms with Gasteiger partial charge in [0.25, 0.3) is 5.56 Å². The van der Waals surface area contributed by atoms with Gasteiger partial charge in [-0.1, -0.05) is 13.8 Å². The van der Waals surface area contributed by atoms with Crippen molar-refractivity contribution in [1.29, 1.82) is 0 Å². The molecule has 0 aromatic carbocycles. The third-order valence-corrected chi connectivity index (χ3v) is 4.70. The molecule has 1 aromatic rings. The van der Waals surface area contributed by atoms with Crippen LogP contribution in [0.1, 0.15) is 32.9 Å². The van der Waals surface area contributed by atoms with Gasteiger partial charge in [-0.25, -0.2) is 4.79 Å². The molecule has 2 atom stereocenters. The second-order valence-electron chi connectivity index (χ2n) is 6.31. The summed E-state index contributed by atoms with van der Waals surface area (Å²) in [5.74, 6) is 0. The summed E-state index contributed by atoms with van der Waals surface area (Å²) >= 11 is 0. The summed E-state index contributed by atoms with van der Waals surface area (Å²) in [5.41, 5.74) is 0.210. The second kappa shape index (κ2) is 5.77. The van der Waals surface area contributed by atoms with Crippen molar-refractivity contribution in [3.63, 3.8) is 0 Å². The van der Waals surface area contributed by atoms with Crippen LogP contribution in [-0.2, 0) is 25.4 Å². The van der Waals surface area contributed by atoms with E-state index in [0.717, 1.165) is 17.6 Å². The van der Waals surface area contributed by atoms with E-state index in [4.69, 9.17) is 4.74 Å². The molecule has 0 spiro atoms. The maximum Gasteiger partial charge on any atom is 0.330 e. The lowest BCUT2D eigenvalue weighted by atomic mass is 9.64. The fraction of sp³-hybridized carbons (Fsp3) is 0.733. The van der Waals surface area contributed by atoms with Gasteiger partial charge in [-0.05, 0) is 13.3 Å². The first-order valence-electron chi connectivity index (χ1n) is 7.40. The number of nitrogens with zero attached hydrogens (tertiary/aromatic N) is 2. The fourth-order valence-electron chi connectivity index (χ4n) is 2.89. The van der Waals surface area contributed by atoms with E-state index < -0.39 is 0 Å². The van der Waals surface area contributed by atoms with Gasteiger partial charge in [0.05, 0.1) is 6.10 Å². The average Bonchev–Trinajstić information content (AvgIpc) is 2.44. The van der Waals surface area contributed by atoms with E-state index in [1.807, 2.05) is 6.92 Å². The Morgan fingerprint density at radius 3 is 2.57 bits per heavy atom. The maximum absolute atomic E-state index is 11.9. The first-order chi connectivity index (χ1) is 9.78. The van der Waals surface area contributed by atoms with Crippen LogP contribution in [0.15, 0.2) is 15.7 Å². The van der Waals surface area contributed by atoms with Gasteiger partial charge in [-0.3, -0.25) is 13.9 Å². The van der Waals surface area contributed by atoms with E-state index >= 15 is 0 Å². The van der Waals surface area contributed by atoms with Crippen molar-refractivity contribution in [3.8, 4) is 0 Å². The summed E-state index contributed by atoms with van der Waals surface area (Å²) in [6.07, 6.45) is 1.23. The Morgan fingerprint density at radius 1 is 1.33 bits per heavy atom. The van der Waals surface area contributed by atoms with E-state index in [9.17, 15) is 9.59 Å². The van der Waals surface area contributed by atoms with Crippen molar-refractivity contribution < 1.29 is 4.74 Å². The molecule has 2 unspecified atom stereocenters. The SMILES string of the molecule is CCOC1CC(NCc2cc(=O)n(C)c(=O)n2C)C1(C)C. The zero-order chi connectivity index (χ0) is 15.8. The van der Waals surface area contributed by atoms with E-state index in [-0.39, 0.29) is 22.8 Å². The molecule has 1 N–H and O–H groups in total. The minimum atomic E-state index is -0.292. The molecule has 1 saturated carbocycles. The Kier molecular flexibility index (Phi) is 4.39. The Morgan fingerprint density at radius 2 is 2.00 bits per heavy atom. The first kappa shape index (κ1) is 16.0. The Bertz CT molecular complexity index is 630. The van der Waals surface area contributed by atoms with Crippen LogP contribution in [0, 0.1) is 5.41 Å². The number of aromatic nitrogens is 2. The molecular formula is C15H25N3O3. The average molecular weight is 295 g/mol. The number of rotatable bonds is 5. The van der Waals surface area contributed by atoms with Crippen molar-refractivity contribution in [2.75, 3.05) is 6.61 Å². The molecule has 1 aliphatic rings. The smallest absolute Gasteiger partial charge is 0.330 e. The highest BCUT2D eigenvalue weighted by atomic mass is 16.5. The van der Waals surface area contributed by atoms with Crippen LogP contribution in [0.3, 0.4) is 0 Å². The molecule has 1 aromatic heterocycles. The number of hydrogen-bond acceptors (Lipinski definition) is 4. The zero-order valence-corrected chi connectivity index (χ0v) is 13.5. The molecule has 1 heterocycles. The molecule has 118 valence electrons. The highest BCUT2D eigenvalue weighted by Gasteiger charge is 2.48. The summed E-state index contributed by atoms with van der Waals surface area (Å²) in [6.45, 7) is 7.60. The molecule has 2 rings (SSSR count). The predicted molar refractivity (Wildman–Crippen MR) is 81.4 cm³/mol. The molecule has 21 heavy (non-hydrogen) atoms. The standard InChI is InChI=1S/C15H25N3O3/c1-6-21-12-8-11(15(12,2)3)16-9-10-7-13(19)18(5)14(20)17(10)4/h7,11-12,16H,6,8-9H2,1-5H3. The van der Waals surface area contributed by atoms with Crippen molar-refractivity contribution in [2.45, 2.75) is 45.9 Å². The van der Waals surface area contributed by atoms with E-state index in [1.165, 1.54) is 17.7 Å². The molecular weight excluding hydrogens is 270 g/mol. The van der Waals surface area contributed by atoms with Crippen molar-refractivity contribution in [2.24, 2.45) is 19.5 Å². The van der Waals surface area contributed by atoms with Crippen LogP contribution in [-0.4, -0.2) is 27.9 Å². The molecule has 6 heteroatoms. The van der Waals surface area contributed by atoms with E-state index in [2.05, 4.69) is 19.2 Å². The van der Waals surface area contributed by atoms with Gasteiger partial charge in [0.15, 0.2) is 0 Å². The molecule has 0 radical (unpaired) electrons. The van der Waals surface area contributed by atoms with Crippen LogP contribution in [0.2, 0.25) is 0 Å². The fourth-order valence-corrected chi connectivity index (χ4v) is 2.89. The lowest BCUT2D eigenvalue weighted by Crippen LogP contribution is -2.60. The van der Waals surface area contributed by atoms with E-state index in [0.29, 0.717) is 18.3 Å². The minimum absolute atomic E-state index is 0.0641. The van der Waals surface area contributed by atoms with Gasteiger partial charge in [0, 0.05) is 50.5 Å². The highest BCUT2D eigenvalue weighted by molar-refractivity contribution is 5.06. The Hall–Kier alpha value is -1.40. The van der Waals surface area contributed by atoms with Crippen LogP contribution in [0.5, 0.6) is 0 Å². The summed E-state index contributed by atoms with van der Waals surface area (Å²) in [5, 5.41) is 3.44. The van der Waals surface area contributed by atoms with Crippen molar-refractivity contribution in [1.82, 2.24) is 14.5 Å². The topological polar surface area (TPSA) is 65.3 Å². The zero-order valence-electron chi connectivity index (χ0n) is 13.5. The predicted octanol–water partition coefficient (Wildman–Crippen LogP) is 0.377. The molecule has 1 aliphatic carbocycles. The van der Waals surface area contributed by atoms with Crippen molar-refractivity contribution in [3.05, 3.63) is 32.6 Å². The van der Waals surface area contributed by atoms with Crippen molar-refractivity contribution >= 4 is 0 Å². The lowest BCUT2D eigenvalue weighted by molar-refractivity contribution is -0.114. The number of ether oxygens (including phenoxy) is 1. The quantitative estimate of drug-likeness (QED) is 0.853. The van der Waals surface area contributed by atoms with E-state index in [1.54, 1.807) is 7.05 Å². The summed E-state index contributed by atoms with van der Waals surface area (Å²) < 4.78 is 8.33. The van der Waals surface area contributed by atoms with Crippen LogP contribution in [0.4, 0.5) is 0 Å². The van der Waals surface area contributed by atoms with Crippen LogP contribution in [0.25, 0.3) is 0 Å². The molecule has 0 saturated heterocycles. The van der Waals surface area contributed by atoms with Gasteiger partial charge < -0.3 is 10.1 Å². The first-order valence-corrected chi connectivity index (χ1v) is 7.40. The summed E-state index contributed by atoms with van der Waals surface area (Å²) in [4.78, 5) is 23.6. The number of hydrogen-bond donors (Lipinski definition) is 1. The molecule has 0 amide bonds. The summed E-state index contributed by atoms with van der Waals surface area (Å²) in [7, 11) is 3.18. The third-order valence-electron chi connectivity index (χ3n) is 4.70. The third kappa shape index (κ3) is 2.82. The monoisotopic (exact) mass is 295 g/mol. The van der Waals surface area contributed by atoms with Gasteiger partial charge in [0.1, 0.15) is 0 Å². The highest BCUT2D eigenvalue weighted by Crippen LogP contribution is 2.42. The largest absolute Gasteiger partial charge is 0.378 e. The lowest BCUT2D eigenvalue weighted by Gasteiger charge is -2.52. The second-order valence-corrected chi connectivity index (χ2v) is 6.31. The molecule has 0 aliphatic heterocycles. The number of nitrogens with one attached hydrogen (secondary N) is 1.